The summed E-state index contributed by atoms with van der Waals surface area (Å²) in [6.07, 6.45) is 2.84. The van der Waals surface area contributed by atoms with Crippen LogP contribution in [0.15, 0.2) is 29.4 Å². The third-order valence-electron chi connectivity index (χ3n) is 4.72. The molecule has 1 heterocycles. The van der Waals surface area contributed by atoms with Gasteiger partial charge in [0.05, 0.1) is 11.8 Å². The first-order valence-corrected chi connectivity index (χ1v) is 11.4. The van der Waals surface area contributed by atoms with Crippen LogP contribution in [0.2, 0.25) is 0 Å². The fourth-order valence-electron chi connectivity index (χ4n) is 3.11. The molecule has 176 valence electrons. The topological polar surface area (TPSA) is 89.3 Å². The van der Waals surface area contributed by atoms with Crippen LogP contribution in [0.1, 0.15) is 55.3 Å². The van der Waals surface area contributed by atoms with Crippen LogP contribution in [0, 0.1) is 0 Å². The Balaban J connectivity index is 2.01. The van der Waals surface area contributed by atoms with Crippen molar-refractivity contribution in [2.45, 2.75) is 57.5 Å². The predicted octanol–water partition coefficient (Wildman–Crippen LogP) is 3.74. The molecule has 0 saturated carbocycles. The van der Waals surface area contributed by atoms with E-state index in [-0.39, 0.29) is 23.1 Å². The average molecular weight is 470 g/mol. The molecule has 2 aromatic rings. The van der Waals surface area contributed by atoms with Crippen molar-refractivity contribution in [3.8, 4) is 5.75 Å². The van der Waals surface area contributed by atoms with E-state index in [1.807, 2.05) is 18.7 Å². The molecule has 1 aromatic heterocycles. The van der Waals surface area contributed by atoms with Crippen molar-refractivity contribution < 1.29 is 23.1 Å². The summed E-state index contributed by atoms with van der Waals surface area (Å²) >= 11 is 1.22. The lowest BCUT2D eigenvalue weighted by molar-refractivity contribution is -0.117. The van der Waals surface area contributed by atoms with Gasteiger partial charge in [0.2, 0.25) is 5.91 Å². The summed E-state index contributed by atoms with van der Waals surface area (Å²) in [4.78, 5) is 26.6. The number of benzene rings is 1. The van der Waals surface area contributed by atoms with Crippen LogP contribution in [0.5, 0.6) is 5.75 Å². The van der Waals surface area contributed by atoms with Crippen LogP contribution < -0.4 is 10.1 Å². The van der Waals surface area contributed by atoms with Gasteiger partial charge in [-0.15, -0.1) is 10.2 Å². The van der Waals surface area contributed by atoms with Gasteiger partial charge in [-0.3, -0.25) is 19.8 Å². The molecule has 0 bridgehead atoms. The van der Waals surface area contributed by atoms with Crippen molar-refractivity contribution in [2.75, 3.05) is 19.8 Å². The standard InChI is InChI=1S/C21H29F2N5O3S/c1-5-7-12-28-18(16(6-2)27(3)4)25-26-21(28)32-13-17(29)24-19(30)14-8-10-15(11-9-14)31-20(22)23/h8-11,16,20H,5-7,12-13H2,1-4H3,(H,24,29,30)/t16-/m0/s1. The highest BCUT2D eigenvalue weighted by Crippen LogP contribution is 2.25. The van der Waals surface area contributed by atoms with E-state index in [0.29, 0.717) is 5.16 Å². The van der Waals surface area contributed by atoms with E-state index in [9.17, 15) is 18.4 Å². The zero-order valence-electron chi connectivity index (χ0n) is 18.7. The molecule has 32 heavy (non-hydrogen) atoms. The van der Waals surface area contributed by atoms with Crippen LogP contribution in [-0.2, 0) is 11.3 Å². The number of rotatable bonds is 12. The maximum atomic E-state index is 12.3. The average Bonchev–Trinajstić information content (AvgIpc) is 3.13. The van der Waals surface area contributed by atoms with Crippen molar-refractivity contribution in [1.82, 2.24) is 25.0 Å². The Bertz CT molecular complexity index is 890. The molecule has 0 unspecified atom stereocenters. The second-order valence-electron chi connectivity index (χ2n) is 7.30. The summed E-state index contributed by atoms with van der Waals surface area (Å²) in [6.45, 7) is 1.99. The number of nitrogens with one attached hydrogen (secondary N) is 1. The molecule has 0 radical (unpaired) electrons. The quantitative estimate of drug-likeness (QED) is 0.474. The summed E-state index contributed by atoms with van der Waals surface area (Å²) in [7, 11) is 3.98. The van der Waals surface area contributed by atoms with E-state index >= 15 is 0 Å². The Morgan fingerprint density at radius 1 is 1.19 bits per heavy atom. The number of unbranched alkanes of at least 4 members (excludes halogenated alkanes) is 1. The first-order valence-electron chi connectivity index (χ1n) is 10.4. The molecule has 2 amide bonds. The molecule has 1 N–H and O–H groups in total. The largest absolute Gasteiger partial charge is 0.435 e. The predicted molar refractivity (Wildman–Crippen MR) is 118 cm³/mol. The lowest BCUT2D eigenvalue weighted by Gasteiger charge is -2.23. The third kappa shape index (κ3) is 7.27. The van der Waals surface area contributed by atoms with Gasteiger partial charge in [-0.1, -0.05) is 32.0 Å². The van der Waals surface area contributed by atoms with Gasteiger partial charge in [-0.2, -0.15) is 8.78 Å². The van der Waals surface area contributed by atoms with Crippen LogP contribution in [0.25, 0.3) is 0 Å². The zero-order chi connectivity index (χ0) is 23.7. The van der Waals surface area contributed by atoms with Gasteiger partial charge in [0, 0.05) is 12.1 Å². The van der Waals surface area contributed by atoms with Crippen LogP contribution in [0.3, 0.4) is 0 Å². The summed E-state index contributed by atoms with van der Waals surface area (Å²) in [6, 6.07) is 5.22. The molecule has 11 heteroatoms. The van der Waals surface area contributed by atoms with Crippen molar-refractivity contribution >= 4 is 23.6 Å². The molecule has 0 aliphatic heterocycles. The van der Waals surface area contributed by atoms with Gasteiger partial charge in [0.25, 0.3) is 5.91 Å². The Morgan fingerprint density at radius 3 is 2.44 bits per heavy atom. The van der Waals surface area contributed by atoms with Gasteiger partial charge in [-0.25, -0.2) is 0 Å². The molecule has 0 aliphatic carbocycles. The number of nitrogens with zero attached hydrogens (tertiary/aromatic N) is 4. The molecule has 0 aliphatic rings. The van der Waals surface area contributed by atoms with Gasteiger partial charge < -0.3 is 9.30 Å². The molecule has 1 aromatic carbocycles. The minimum Gasteiger partial charge on any atom is -0.435 e. The first-order chi connectivity index (χ1) is 15.3. The SMILES string of the molecule is CCCCn1c(SCC(=O)NC(=O)c2ccc(OC(F)F)cc2)nnc1[C@H](CC)N(C)C. The van der Waals surface area contributed by atoms with Crippen molar-refractivity contribution in [2.24, 2.45) is 0 Å². The van der Waals surface area contributed by atoms with E-state index in [2.05, 4.69) is 39.0 Å². The highest BCUT2D eigenvalue weighted by atomic mass is 32.2. The van der Waals surface area contributed by atoms with E-state index < -0.39 is 18.4 Å². The number of imide groups is 1. The monoisotopic (exact) mass is 469 g/mol. The number of carbonyl (C=O) groups is 2. The van der Waals surface area contributed by atoms with Gasteiger partial charge in [-0.05, 0) is 51.2 Å². The summed E-state index contributed by atoms with van der Waals surface area (Å²) < 4.78 is 30.7. The van der Waals surface area contributed by atoms with E-state index in [1.165, 1.54) is 36.0 Å². The van der Waals surface area contributed by atoms with Gasteiger partial charge in [0.1, 0.15) is 5.75 Å². The zero-order valence-corrected chi connectivity index (χ0v) is 19.5. The second kappa shape index (κ2) is 12.5. The Kier molecular flexibility index (Phi) is 10.0. The molecule has 2 rings (SSSR count). The van der Waals surface area contributed by atoms with Crippen LogP contribution >= 0.6 is 11.8 Å². The minimum atomic E-state index is -2.95. The maximum absolute atomic E-state index is 12.3. The Hall–Kier alpha value is -2.53. The van der Waals surface area contributed by atoms with E-state index in [0.717, 1.165) is 31.6 Å². The summed E-state index contributed by atoms with van der Waals surface area (Å²) in [5.41, 5.74) is 0.162. The van der Waals surface area contributed by atoms with Crippen molar-refractivity contribution in [3.05, 3.63) is 35.7 Å². The number of alkyl halides is 2. The number of thioether (sulfide) groups is 1. The number of hydrogen-bond donors (Lipinski definition) is 1. The molecule has 0 saturated heterocycles. The third-order valence-corrected chi connectivity index (χ3v) is 5.68. The molecule has 8 nitrogen and oxygen atoms in total. The second-order valence-corrected chi connectivity index (χ2v) is 8.24. The van der Waals surface area contributed by atoms with Gasteiger partial charge in [0.15, 0.2) is 11.0 Å². The van der Waals surface area contributed by atoms with E-state index in [1.54, 1.807) is 0 Å². The van der Waals surface area contributed by atoms with Crippen molar-refractivity contribution in [1.29, 1.82) is 0 Å². The van der Waals surface area contributed by atoms with E-state index in [4.69, 9.17) is 0 Å². The molecule has 0 spiro atoms. The number of aromatic nitrogens is 3. The number of carbonyl (C=O) groups excluding carboxylic acids is 2. The molecule has 1 atom stereocenters. The smallest absolute Gasteiger partial charge is 0.387 e. The maximum Gasteiger partial charge on any atom is 0.387 e. The summed E-state index contributed by atoms with van der Waals surface area (Å²) in [5, 5.41) is 11.6. The molecule has 0 fully saturated rings. The number of hydrogen-bond acceptors (Lipinski definition) is 7. The number of halogens is 2. The minimum absolute atomic E-state index is 0.0126. The highest BCUT2D eigenvalue weighted by molar-refractivity contribution is 7.99. The molecular formula is C21H29F2N5O3S. The van der Waals surface area contributed by atoms with Crippen LogP contribution in [-0.4, -0.2) is 57.9 Å². The number of amides is 2. The van der Waals surface area contributed by atoms with Crippen molar-refractivity contribution in [3.63, 3.8) is 0 Å². The lowest BCUT2D eigenvalue weighted by atomic mass is 10.2. The Labute approximate surface area is 190 Å². The first kappa shape index (κ1) is 25.7. The lowest BCUT2D eigenvalue weighted by Crippen LogP contribution is -2.31. The fourth-order valence-corrected chi connectivity index (χ4v) is 3.88. The fraction of sp³-hybridized carbons (Fsp3) is 0.524. The molecular weight excluding hydrogens is 440 g/mol. The normalized spacial score (nSPS) is 12.2. The highest BCUT2D eigenvalue weighted by Gasteiger charge is 2.22. The van der Waals surface area contributed by atoms with Gasteiger partial charge >= 0.3 is 6.61 Å². The van der Waals surface area contributed by atoms with Crippen LogP contribution in [0.4, 0.5) is 8.78 Å². The summed E-state index contributed by atoms with van der Waals surface area (Å²) in [5.74, 6) is -0.327. The Morgan fingerprint density at radius 2 is 1.88 bits per heavy atom. The number of ether oxygens (including phenoxy) is 1.